The highest BCUT2D eigenvalue weighted by atomic mass is 16.3. The van der Waals surface area contributed by atoms with Crippen molar-refractivity contribution in [1.29, 1.82) is 0 Å². The summed E-state index contributed by atoms with van der Waals surface area (Å²) in [7, 11) is 0. The van der Waals surface area contributed by atoms with Crippen molar-refractivity contribution in [1.82, 2.24) is 0 Å². The Labute approximate surface area is 145 Å². The van der Waals surface area contributed by atoms with Gasteiger partial charge in [0.05, 0.1) is 31.2 Å². The van der Waals surface area contributed by atoms with E-state index in [1.54, 1.807) is 18.8 Å². The van der Waals surface area contributed by atoms with Gasteiger partial charge < -0.3 is 13.9 Å². The Hall–Kier alpha value is -1.74. The highest BCUT2D eigenvalue weighted by molar-refractivity contribution is 5.08. The van der Waals surface area contributed by atoms with Crippen molar-refractivity contribution >= 4 is 0 Å². The smallest absolute Gasteiger partial charge is 0.0934 e. The Balaban J connectivity index is 1.59. The molecule has 2 rings (SSSR count). The lowest BCUT2D eigenvalue weighted by molar-refractivity contribution is 0.143. The third-order valence-corrected chi connectivity index (χ3v) is 4.48. The summed E-state index contributed by atoms with van der Waals surface area (Å²) in [5, 5.41) is 10.3. The fourth-order valence-electron chi connectivity index (χ4n) is 3.13. The topological polar surface area (TPSA) is 46.5 Å². The van der Waals surface area contributed by atoms with Gasteiger partial charge in [0.2, 0.25) is 0 Å². The van der Waals surface area contributed by atoms with E-state index in [0.717, 1.165) is 44.9 Å². The zero-order valence-corrected chi connectivity index (χ0v) is 14.9. The van der Waals surface area contributed by atoms with E-state index < -0.39 is 0 Å². The Morgan fingerprint density at radius 3 is 2.42 bits per heavy atom. The molecule has 1 N–H and O–H groups in total. The van der Waals surface area contributed by atoms with Gasteiger partial charge in [-0.25, -0.2) is 0 Å². The van der Waals surface area contributed by atoms with Crippen LogP contribution in [0.5, 0.6) is 0 Å². The number of rotatable bonds is 11. The standard InChI is InChI=1S/C21H30O3/c1-17(5-3-7-19-9-11-23-15-19)13-21(22)14-18(2)6-4-8-20-10-12-24-16-20/h5,9-12,15-16,18,21-22H,3-4,6-8,13-14H2,1-2H3/t18-,21-/m0/s1. The van der Waals surface area contributed by atoms with Crippen LogP contribution in [-0.2, 0) is 12.8 Å². The first kappa shape index (κ1) is 18.6. The van der Waals surface area contributed by atoms with E-state index in [4.69, 9.17) is 8.83 Å². The van der Waals surface area contributed by atoms with E-state index in [2.05, 4.69) is 19.9 Å². The summed E-state index contributed by atoms with van der Waals surface area (Å²) in [4.78, 5) is 0. The van der Waals surface area contributed by atoms with Crippen LogP contribution in [0.25, 0.3) is 0 Å². The van der Waals surface area contributed by atoms with Crippen LogP contribution >= 0.6 is 0 Å². The van der Waals surface area contributed by atoms with Crippen molar-refractivity contribution in [3.05, 3.63) is 60.0 Å². The molecule has 3 nitrogen and oxygen atoms in total. The normalized spacial score (nSPS) is 14.7. The second-order valence-corrected chi connectivity index (χ2v) is 6.94. The van der Waals surface area contributed by atoms with Crippen LogP contribution in [0.1, 0.15) is 57.1 Å². The van der Waals surface area contributed by atoms with Gasteiger partial charge in [-0.2, -0.15) is 0 Å². The lowest BCUT2D eigenvalue weighted by Crippen LogP contribution is -2.12. The minimum absolute atomic E-state index is 0.237. The first-order valence-electron chi connectivity index (χ1n) is 8.99. The molecule has 132 valence electrons. The summed E-state index contributed by atoms with van der Waals surface area (Å²) in [5.41, 5.74) is 3.77. The van der Waals surface area contributed by atoms with Crippen molar-refractivity contribution in [3.8, 4) is 0 Å². The molecular weight excluding hydrogens is 300 g/mol. The van der Waals surface area contributed by atoms with Crippen LogP contribution in [-0.4, -0.2) is 11.2 Å². The van der Waals surface area contributed by atoms with Crippen LogP contribution < -0.4 is 0 Å². The molecule has 0 spiro atoms. The monoisotopic (exact) mass is 330 g/mol. The fourth-order valence-corrected chi connectivity index (χ4v) is 3.13. The molecule has 0 aromatic carbocycles. The third kappa shape index (κ3) is 7.22. The predicted molar refractivity (Wildman–Crippen MR) is 96.8 cm³/mol. The summed E-state index contributed by atoms with van der Waals surface area (Å²) < 4.78 is 10.2. The number of hydrogen-bond acceptors (Lipinski definition) is 3. The van der Waals surface area contributed by atoms with E-state index in [1.807, 2.05) is 18.4 Å². The van der Waals surface area contributed by atoms with Crippen LogP contribution in [0.4, 0.5) is 0 Å². The quantitative estimate of drug-likeness (QED) is 0.549. The average Bonchev–Trinajstić information content (AvgIpc) is 3.20. The maximum Gasteiger partial charge on any atom is 0.0934 e. The molecule has 0 saturated heterocycles. The largest absolute Gasteiger partial charge is 0.472 e. The summed E-state index contributed by atoms with van der Waals surface area (Å²) in [6.45, 7) is 4.35. The second-order valence-electron chi connectivity index (χ2n) is 6.94. The number of aryl methyl sites for hydroxylation is 2. The van der Waals surface area contributed by atoms with E-state index >= 15 is 0 Å². The number of aliphatic hydroxyl groups is 1. The highest BCUT2D eigenvalue weighted by Gasteiger charge is 2.11. The number of hydrogen-bond donors (Lipinski definition) is 1. The molecule has 2 aromatic heterocycles. The third-order valence-electron chi connectivity index (χ3n) is 4.48. The summed E-state index contributed by atoms with van der Waals surface area (Å²) in [6.07, 6.45) is 16.0. The second kappa shape index (κ2) is 10.2. The molecule has 2 heterocycles. The molecule has 0 fully saturated rings. The molecule has 0 amide bonds. The van der Waals surface area contributed by atoms with E-state index in [0.29, 0.717) is 5.92 Å². The average molecular weight is 330 g/mol. The van der Waals surface area contributed by atoms with Crippen molar-refractivity contribution in [3.63, 3.8) is 0 Å². The first-order chi connectivity index (χ1) is 11.6. The molecule has 2 aromatic rings. The molecule has 0 radical (unpaired) electrons. The zero-order valence-electron chi connectivity index (χ0n) is 14.9. The van der Waals surface area contributed by atoms with Crippen LogP contribution in [0.3, 0.4) is 0 Å². The molecule has 24 heavy (non-hydrogen) atoms. The number of aliphatic hydroxyl groups excluding tert-OH is 1. The van der Waals surface area contributed by atoms with Gasteiger partial charge in [0.15, 0.2) is 0 Å². The minimum atomic E-state index is -0.237. The van der Waals surface area contributed by atoms with Gasteiger partial charge in [0.25, 0.3) is 0 Å². The van der Waals surface area contributed by atoms with Crippen molar-refractivity contribution in [2.45, 2.75) is 64.9 Å². The molecular formula is C21H30O3. The van der Waals surface area contributed by atoms with Gasteiger partial charge in [-0.15, -0.1) is 0 Å². The zero-order chi connectivity index (χ0) is 17.2. The number of furan rings is 2. The Bertz CT molecular complexity index is 566. The molecule has 3 heteroatoms. The summed E-state index contributed by atoms with van der Waals surface area (Å²) in [5.74, 6) is 0.547. The van der Waals surface area contributed by atoms with E-state index in [9.17, 15) is 5.11 Å². The van der Waals surface area contributed by atoms with Crippen LogP contribution in [0.15, 0.2) is 57.7 Å². The van der Waals surface area contributed by atoms with Gasteiger partial charge in [0.1, 0.15) is 0 Å². The van der Waals surface area contributed by atoms with Crippen LogP contribution in [0.2, 0.25) is 0 Å². The highest BCUT2D eigenvalue weighted by Crippen LogP contribution is 2.19. The molecule has 0 unspecified atom stereocenters. The molecule has 2 atom stereocenters. The van der Waals surface area contributed by atoms with Gasteiger partial charge in [-0.05, 0) is 74.6 Å². The summed E-state index contributed by atoms with van der Waals surface area (Å²) >= 11 is 0. The van der Waals surface area contributed by atoms with Crippen molar-refractivity contribution in [2.75, 3.05) is 0 Å². The lowest BCUT2D eigenvalue weighted by atomic mass is 9.93. The SMILES string of the molecule is CC(=CCCc1ccoc1)C[C@H](O)C[C@@H](C)CCCc1ccoc1. The lowest BCUT2D eigenvalue weighted by Gasteiger charge is -2.16. The minimum Gasteiger partial charge on any atom is -0.472 e. The van der Waals surface area contributed by atoms with Gasteiger partial charge >= 0.3 is 0 Å². The fraction of sp³-hybridized carbons (Fsp3) is 0.524. The Morgan fingerprint density at radius 1 is 1.12 bits per heavy atom. The molecule has 0 aliphatic heterocycles. The Kier molecular flexibility index (Phi) is 7.90. The van der Waals surface area contributed by atoms with Gasteiger partial charge in [0, 0.05) is 0 Å². The van der Waals surface area contributed by atoms with Gasteiger partial charge in [-0.1, -0.05) is 25.0 Å². The predicted octanol–water partition coefficient (Wildman–Crippen LogP) is 5.55. The van der Waals surface area contributed by atoms with Gasteiger partial charge in [-0.3, -0.25) is 0 Å². The number of allylic oxidation sites excluding steroid dienone is 1. The molecule has 0 aliphatic rings. The molecule has 0 aliphatic carbocycles. The maximum absolute atomic E-state index is 10.3. The molecule has 0 saturated carbocycles. The van der Waals surface area contributed by atoms with Crippen molar-refractivity contribution < 1.29 is 13.9 Å². The molecule has 0 bridgehead atoms. The van der Waals surface area contributed by atoms with Crippen LogP contribution in [0, 0.1) is 5.92 Å². The maximum atomic E-state index is 10.3. The van der Waals surface area contributed by atoms with E-state index in [-0.39, 0.29) is 6.10 Å². The first-order valence-corrected chi connectivity index (χ1v) is 8.99. The summed E-state index contributed by atoms with van der Waals surface area (Å²) in [6, 6.07) is 4.03. The Morgan fingerprint density at radius 2 is 1.79 bits per heavy atom. The van der Waals surface area contributed by atoms with E-state index in [1.165, 1.54) is 16.7 Å². The van der Waals surface area contributed by atoms with Crippen molar-refractivity contribution in [2.24, 2.45) is 5.92 Å².